The van der Waals surface area contributed by atoms with Gasteiger partial charge in [0.15, 0.2) is 0 Å². The van der Waals surface area contributed by atoms with E-state index in [-0.39, 0.29) is 0 Å². The summed E-state index contributed by atoms with van der Waals surface area (Å²) in [4.78, 5) is 11.9. The zero-order valence-electron chi connectivity index (χ0n) is 17.7. The number of rotatable bonds is 8. The Bertz CT molecular complexity index is 991. The van der Waals surface area contributed by atoms with Crippen LogP contribution in [0.3, 0.4) is 0 Å². The summed E-state index contributed by atoms with van der Waals surface area (Å²) in [6.07, 6.45) is 8.57. The Morgan fingerprint density at radius 1 is 1.20 bits per heavy atom. The molecule has 0 spiro atoms. The van der Waals surface area contributed by atoms with Crippen LogP contribution in [0.2, 0.25) is 0 Å². The molecule has 3 atom stereocenters. The first-order valence-electron chi connectivity index (χ1n) is 11.2. The Balaban J connectivity index is 1.12. The zero-order valence-corrected chi connectivity index (χ0v) is 18.5. The number of aryl methyl sites for hydroxylation is 1. The van der Waals surface area contributed by atoms with Crippen molar-refractivity contribution in [3.8, 4) is 0 Å². The molecule has 1 aromatic carbocycles. The van der Waals surface area contributed by atoms with E-state index in [4.69, 9.17) is 0 Å². The van der Waals surface area contributed by atoms with Crippen LogP contribution in [0, 0.1) is 11.8 Å². The lowest BCUT2D eigenvalue weighted by atomic mass is 9.62. The number of allylic oxidation sites excluding steroid dienone is 1. The molecule has 0 radical (unpaired) electrons. The van der Waals surface area contributed by atoms with E-state index < -0.39 is 5.60 Å². The summed E-state index contributed by atoms with van der Waals surface area (Å²) in [5.74, 6) is 1.90. The van der Waals surface area contributed by atoms with E-state index in [1.165, 1.54) is 16.9 Å². The summed E-state index contributed by atoms with van der Waals surface area (Å²) < 4.78 is 0. The molecule has 0 saturated heterocycles. The van der Waals surface area contributed by atoms with Crippen LogP contribution >= 0.6 is 11.3 Å². The van der Waals surface area contributed by atoms with E-state index in [2.05, 4.69) is 57.6 Å². The molecule has 30 heavy (non-hydrogen) atoms. The van der Waals surface area contributed by atoms with E-state index in [1.54, 1.807) is 0 Å². The highest BCUT2D eigenvalue weighted by Crippen LogP contribution is 2.51. The van der Waals surface area contributed by atoms with Gasteiger partial charge in [-0.25, -0.2) is 4.98 Å². The van der Waals surface area contributed by atoms with Crippen molar-refractivity contribution in [3.05, 3.63) is 58.6 Å². The fourth-order valence-corrected chi connectivity index (χ4v) is 6.17. The highest BCUT2D eigenvalue weighted by molar-refractivity contribution is 7.11. The molecule has 2 aromatic heterocycles. The summed E-state index contributed by atoms with van der Waals surface area (Å²) >= 11 is 1.83. The van der Waals surface area contributed by atoms with Gasteiger partial charge >= 0.3 is 0 Å². The minimum atomic E-state index is -0.531. The number of aliphatic hydroxyl groups is 1. The second-order valence-electron chi connectivity index (χ2n) is 9.15. The van der Waals surface area contributed by atoms with Gasteiger partial charge in [0.05, 0.1) is 16.6 Å². The Kier molecular flexibility index (Phi) is 5.52. The predicted octanol–water partition coefficient (Wildman–Crippen LogP) is 5.12. The molecule has 2 heterocycles. The van der Waals surface area contributed by atoms with Gasteiger partial charge in [-0.2, -0.15) is 0 Å². The molecular formula is C25H31N3OS. The molecule has 0 amide bonds. The zero-order chi connectivity index (χ0) is 20.6. The molecule has 3 aliphatic carbocycles. The average molecular weight is 422 g/mol. The number of fused-ring (bicyclic) bond motifs is 3. The summed E-state index contributed by atoms with van der Waals surface area (Å²) in [5.41, 5.74) is 3.12. The first-order chi connectivity index (χ1) is 14.6. The largest absolute Gasteiger partial charge is 0.389 e. The van der Waals surface area contributed by atoms with Gasteiger partial charge in [-0.05, 0) is 80.8 Å². The van der Waals surface area contributed by atoms with Gasteiger partial charge in [0.1, 0.15) is 5.82 Å². The fraction of sp³-hybridized carbons (Fsp3) is 0.480. The second kappa shape index (κ2) is 8.29. The van der Waals surface area contributed by atoms with Gasteiger partial charge in [0.25, 0.3) is 0 Å². The maximum absolute atomic E-state index is 11.4. The van der Waals surface area contributed by atoms with Gasteiger partial charge in [0, 0.05) is 23.8 Å². The van der Waals surface area contributed by atoms with Crippen LogP contribution in [0.25, 0.3) is 16.6 Å². The number of thiophene rings is 1. The Morgan fingerprint density at radius 3 is 2.87 bits per heavy atom. The van der Waals surface area contributed by atoms with Crippen LogP contribution in [-0.2, 0) is 6.42 Å². The molecule has 0 unspecified atom stereocenters. The number of benzene rings is 1. The number of imidazole rings is 1. The number of hydrogen-bond donors (Lipinski definition) is 2. The van der Waals surface area contributed by atoms with Crippen LogP contribution in [0.5, 0.6) is 0 Å². The van der Waals surface area contributed by atoms with Crippen molar-refractivity contribution < 1.29 is 5.11 Å². The Hall–Kier alpha value is -1.95. The molecule has 3 aliphatic rings. The summed E-state index contributed by atoms with van der Waals surface area (Å²) in [6, 6.07) is 12.6. The number of aromatic amines is 1. The predicted molar refractivity (Wildman–Crippen MR) is 125 cm³/mol. The molecule has 158 valence electrons. The topological polar surface area (TPSA) is 52.2 Å². The van der Waals surface area contributed by atoms with Crippen molar-refractivity contribution in [2.24, 2.45) is 11.8 Å². The number of nitrogens with one attached hydrogen (secondary N) is 1. The summed E-state index contributed by atoms with van der Waals surface area (Å²) in [7, 11) is 2.18. The third kappa shape index (κ3) is 3.98. The van der Waals surface area contributed by atoms with E-state index >= 15 is 0 Å². The van der Waals surface area contributed by atoms with E-state index in [1.807, 2.05) is 23.5 Å². The quantitative estimate of drug-likeness (QED) is 0.530. The molecule has 0 aliphatic heterocycles. The number of nitrogens with zero attached hydrogens (tertiary/aromatic N) is 2. The van der Waals surface area contributed by atoms with Crippen molar-refractivity contribution in [2.75, 3.05) is 20.1 Å². The monoisotopic (exact) mass is 421 g/mol. The molecule has 2 N–H and O–H groups in total. The smallest absolute Gasteiger partial charge is 0.107 e. The van der Waals surface area contributed by atoms with Crippen LogP contribution in [-0.4, -0.2) is 45.7 Å². The number of aromatic nitrogens is 2. The molecule has 3 aromatic rings. The highest BCUT2D eigenvalue weighted by Gasteiger charge is 2.46. The van der Waals surface area contributed by atoms with Crippen LogP contribution in [0.1, 0.15) is 42.8 Å². The Morgan fingerprint density at radius 2 is 2.10 bits per heavy atom. The first-order valence-corrected chi connectivity index (χ1v) is 12.1. The van der Waals surface area contributed by atoms with Crippen LogP contribution in [0.4, 0.5) is 0 Å². The lowest BCUT2D eigenvalue weighted by molar-refractivity contribution is -0.0574. The lowest BCUT2D eigenvalue weighted by Gasteiger charge is -2.48. The van der Waals surface area contributed by atoms with Crippen molar-refractivity contribution in [3.63, 3.8) is 0 Å². The second-order valence-corrected chi connectivity index (χ2v) is 10.1. The van der Waals surface area contributed by atoms with E-state index in [0.29, 0.717) is 11.8 Å². The molecule has 6 rings (SSSR count). The van der Waals surface area contributed by atoms with Crippen LogP contribution in [0.15, 0.2) is 47.9 Å². The normalized spacial score (nSPS) is 25.9. The number of H-pyrrole nitrogens is 1. The summed E-state index contributed by atoms with van der Waals surface area (Å²) in [6.45, 7) is 1.97. The minimum Gasteiger partial charge on any atom is -0.389 e. The number of para-hydroxylation sites is 2. The van der Waals surface area contributed by atoms with Gasteiger partial charge < -0.3 is 15.0 Å². The van der Waals surface area contributed by atoms with Gasteiger partial charge in [-0.15, -0.1) is 11.3 Å². The summed E-state index contributed by atoms with van der Waals surface area (Å²) in [5, 5.41) is 13.6. The third-order valence-corrected chi connectivity index (χ3v) is 7.98. The van der Waals surface area contributed by atoms with Crippen molar-refractivity contribution in [2.45, 2.75) is 44.1 Å². The lowest BCUT2D eigenvalue weighted by Crippen LogP contribution is -2.47. The molecule has 1 saturated carbocycles. The molecule has 5 heteroatoms. The maximum Gasteiger partial charge on any atom is 0.107 e. The molecule has 2 bridgehead atoms. The maximum atomic E-state index is 11.4. The molecule has 1 fully saturated rings. The average Bonchev–Trinajstić information content (AvgIpc) is 3.42. The van der Waals surface area contributed by atoms with Crippen molar-refractivity contribution in [1.29, 1.82) is 0 Å². The fourth-order valence-electron chi connectivity index (χ4n) is 5.34. The van der Waals surface area contributed by atoms with Crippen molar-refractivity contribution in [1.82, 2.24) is 14.9 Å². The van der Waals surface area contributed by atoms with Crippen LogP contribution < -0.4 is 0 Å². The highest BCUT2D eigenvalue weighted by atomic mass is 32.1. The molecular weight excluding hydrogens is 390 g/mol. The van der Waals surface area contributed by atoms with Gasteiger partial charge in [-0.3, -0.25) is 0 Å². The van der Waals surface area contributed by atoms with Gasteiger partial charge in [-0.1, -0.05) is 24.3 Å². The number of hydrogen-bond acceptors (Lipinski definition) is 4. The SMILES string of the molecule is CN(CCCc1nc2ccccc2[nH]1)CC[C@]1(O)C[C@H]2CC[C@H]1C=C2c1cccs1. The van der Waals surface area contributed by atoms with E-state index in [0.717, 1.165) is 62.1 Å². The Labute approximate surface area is 182 Å². The first kappa shape index (κ1) is 20.0. The standard InChI is InChI=1S/C25H31N3OS/c1-28(13-4-9-24-26-21-6-2-3-7-22(21)27-24)14-12-25(29)17-18-10-11-19(25)16-20(18)23-8-5-15-30-23/h2-3,5-8,15-16,18-19,29H,4,9-14,17H2,1H3,(H,26,27)/t18-,19+,25+/m1/s1. The third-order valence-electron chi connectivity index (χ3n) is 7.06. The van der Waals surface area contributed by atoms with E-state index in [9.17, 15) is 5.11 Å². The minimum absolute atomic E-state index is 0.309. The van der Waals surface area contributed by atoms with Crippen molar-refractivity contribution >= 4 is 27.9 Å². The molecule has 4 nitrogen and oxygen atoms in total. The van der Waals surface area contributed by atoms with Gasteiger partial charge in [0.2, 0.25) is 0 Å².